The van der Waals surface area contributed by atoms with Crippen LogP contribution in [0.2, 0.25) is 0 Å². The predicted molar refractivity (Wildman–Crippen MR) is 43.3 cm³/mol. The molecule has 0 aliphatic heterocycles. The van der Waals surface area contributed by atoms with Crippen molar-refractivity contribution in [3.05, 3.63) is 0 Å². The molecule has 69 valence electrons. The summed E-state index contributed by atoms with van der Waals surface area (Å²) in [5, 5.41) is 4.87. The van der Waals surface area contributed by atoms with E-state index < -0.39 is 6.09 Å². The highest BCUT2D eigenvalue weighted by Gasteiger charge is 1.96. The van der Waals surface area contributed by atoms with Crippen molar-refractivity contribution in [2.45, 2.75) is 13.3 Å². The molecule has 0 aromatic heterocycles. The number of carbonyl (C=O) groups excluding carboxylic acids is 2. The molecule has 12 heavy (non-hydrogen) atoms. The van der Waals surface area contributed by atoms with Crippen LogP contribution in [0.15, 0.2) is 0 Å². The lowest BCUT2D eigenvalue weighted by molar-refractivity contribution is 0.152. The molecule has 0 atom stereocenters. The Bertz CT molecular complexity index is 139. The average molecular weight is 173 g/mol. The molecule has 0 aromatic rings. The van der Waals surface area contributed by atoms with Gasteiger partial charge in [-0.2, -0.15) is 0 Å². The maximum Gasteiger partial charge on any atom is 0.407 e. The van der Waals surface area contributed by atoms with E-state index in [4.69, 9.17) is 0 Å². The second-order valence-corrected chi connectivity index (χ2v) is 2.03. The van der Waals surface area contributed by atoms with Gasteiger partial charge in [0.25, 0.3) is 0 Å². The van der Waals surface area contributed by atoms with Crippen LogP contribution < -0.4 is 10.6 Å². The summed E-state index contributed by atoms with van der Waals surface area (Å²) >= 11 is 0. The van der Waals surface area contributed by atoms with Crippen molar-refractivity contribution in [2.75, 3.05) is 19.7 Å². The van der Waals surface area contributed by atoms with Gasteiger partial charge in [-0.15, -0.1) is 0 Å². The van der Waals surface area contributed by atoms with Crippen molar-refractivity contribution in [1.82, 2.24) is 10.6 Å². The van der Waals surface area contributed by atoms with Crippen molar-refractivity contribution in [2.24, 2.45) is 0 Å². The molecule has 0 unspecified atom stereocenters. The maximum atomic E-state index is 10.6. The molecule has 0 aliphatic rings. The average Bonchev–Trinajstić information content (AvgIpc) is 2.05. The van der Waals surface area contributed by atoms with Gasteiger partial charge in [0, 0.05) is 13.1 Å². The summed E-state index contributed by atoms with van der Waals surface area (Å²) in [4.78, 5) is 20.3. The van der Waals surface area contributed by atoms with E-state index in [1.165, 1.54) is 6.41 Å². The van der Waals surface area contributed by atoms with Crippen LogP contribution in [0.25, 0.3) is 0 Å². The molecule has 0 fully saturated rings. The molecular weight excluding hydrogens is 160 g/mol. The SMILES string of the molecule is CCOC(=O)NCCCN[C]=O. The Kier molecular flexibility index (Phi) is 7.02. The molecule has 2 N–H and O–H groups in total. The van der Waals surface area contributed by atoms with Crippen molar-refractivity contribution >= 4 is 12.5 Å². The highest BCUT2D eigenvalue weighted by Crippen LogP contribution is 1.77. The van der Waals surface area contributed by atoms with Crippen LogP contribution in [0, 0.1) is 0 Å². The van der Waals surface area contributed by atoms with Gasteiger partial charge in [-0.3, -0.25) is 4.79 Å². The third-order valence-corrected chi connectivity index (χ3v) is 1.10. The van der Waals surface area contributed by atoms with Crippen molar-refractivity contribution in [1.29, 1.82) is 0 Å². The number of hydrogen-bond acceptors (Lipinski definition) is 3. The number of carbonyl (C=O) groups is 1. The summed E-state index contributed by atoms with van der Waals surface area (Å²) in [5.41, 5.74) is 0. The number of amides is 2. The molecule has 0 saturated carbocycles. The Hall–Kier alpha value is -1.26. The summed E-state index contributed by atoms with van der Waals surface area (Å²) in [6.45, 7) is 3.11. The van der Waals surface area contributed by atoms with E-state index in [0.29, 0.717) is 26.1 Å². The molecule has 0 aliphatic carbocycles. The van der Waals surface area contributed by atoms with Crippen LogP contribution in [0.1, 0.15) is 13.3 Å². The minimum Gasteiger partial charge on any atom is -0.450 e. The first-order valence-corrected chi connectivity index (χ1v) is 3.82. The molecule has 0 rings (SSSR count). The third-order valence-electron chi connectivity index (χ3n) is 1.10. The molecular formula is C7H13N2O3. The zero-order valence-electron chi connectivity index (χ0n) is 7.05. The van der Waals surface area contributed by atoms with Crippen LogP contribution in [0.5, 0.6) is 0 Å². The standard InChI is InChI=1S/C7H13N2O3/c1-2-12-7(11)9-5-3-4-8-6-10/h2-5H2,1H3,(H,8,10)(H,9,11). The number of nitrogens with one attached hydrogen (secondary N) is 2. The first-order chi connectivity index (χ1) is 5.81. The Morgan fingerprint density at radius 3 is 2.83 bits per heavy atom. The zero-order valence-corrected chi connectivity index (χ0v) is 7.05. The van der Waals surface area contributed by atoms with Gasteiger partial charge < -0.3 is 15.4 Å². The van der Waals surface area contributed by atoms with Crippen LogP contribution >= 0.6 is 0 Å². The summed E-state index contributed by atoms with van der Waals surface area (Å²) in [6, 6.07) is 0. The lowest BCUT2D eigenvalue weighted by Crippen LogP contribution is -2.27. The molecule has 1 radical (unpaired) electrons. The Balaban J connectivity index is 3.08. The van der Waals surface area contributed by atoms with Crippen LogP contribution in [0.4, 0.5) is 4.79 Å². The van der Waals surface area contributed by atoms with Crippen LogP contribution in [-0.4, -0.2) is 32.2 Å². The Morgan fingerprint density at radius 2 is 2.25 bits per heavy atom. The van der Waals surface area contributed by atoms with Crippen molar-refractivity contribution in [3.8, 4) is 0 Å². The molecule has 0 saturated heterocycles. The van der Waals surface area contributed by atoms with Crippen LogP contribution in [-0.2, 0) is 9.53 Å². The summed E-state index contributed by atoms with van der Waals surface area (Å²) < 4.78 is 4.60. The van der Waals surface area contributed by atoms with Gasteiger partial charge in [0.15, 0.2) is 0 Å². The van der Waals surface area contributed by atoms with E-state index in [-0.39, 0.29) is 0 Å². The highest BCUT2D eigenvalue weighted by molar-refractivity contribution is 5.66. The second kappa shape index (κ2) is 7.84. The minimum atomic E-state index is -0.424. The first kappa shape index (κ1) is 10.7. The highest BCUT2D eigenvalue weighted by atomic mass is 16.5. The summed E-state index contributed by atoms with van der Waals surface area (Å²) in [5.74, 6) is 0. The first-order valence-electron chi connectivity index (χ1n) is 3.82. The maximum absolute atomic E-state index is 10.6. The normalized spacial score (nSPS) is 8.75. The molecule has 5 nitrogen and oxygen atoms in total. The van der Waals surface area contributed by atoms with Crippen molar-refractivity contribution < 1.29 is 14.3 Å². The van der Waals surface area contributed by atoms with Gasteiger partial charge in [0.05, 0.1) is 6.61 Å². The molecule has 5 heteroatoms. The Labute approximate surface area is 71.5 Å². The fourth-order valence-electron chi connectivity index (χ4n) is 0.600. The van der Waals surface area contributed by atoms with E-state index >= 15 is 0 Å². The topological polar surface area (TPSA) is 67.4 Å². The third kappa shape index (κ3) is 6.85. The minimum absolute atomic E-state index is 0.367. The predicted octanol–water partition coefficient (Wildman–Crippen LogP) is -0.221. The van der Waals surface area contributed by atoms with Crippen LogP contribution in [0.3, 0.4) is 0 Å². The van der Waals surface area contributed by atoms with E-state index in [2.05, 4.69) is 15.4 Å². The van der Waals surface area contributed by atoms with Gasteiger partial charge in [-0.25, -0.2) is 4.79 Å². The molecule has 0 spiro atoms. The van der Waals surface area contributed by atoms with Gasteiger partial charge in [-0.05, 0) is 13.3 Å². The quantitative estimate of drug-likeness (QED) is 0.431. The monoisotopic (exact) mass is 173 g/mol. The summed E-state index contributed by atoms with van der Waals surface area (Å²) in [6.07, 6.45) is 1.79. The van der Waals surface area contributed by atoms with E-state index in [9.17, 15) is 9.59 Å². The summed E-state index contributed by atoms with van der Waals surface area (Å²) in [7, 11) is 0. The molecule has 0 heterocycles. The van der Waals surface area contributed by atoms with Gasteiger partial charge in [0.2, 0.25) is 0 Å². The fraction of sp³-hybridized carbons (Fsp3) is 0.714. The lowest BCUT2D eigenvalue weighted by atomic mass is 10.4. The fourth-order valence-corrected chi connectivity index (χ4v) is 0.600. The smallest absolute Gasteiger partial charge is 0.407 e. The molecule has 0 aromatic carbocycles. The largest absolute Gasteiger partial charge is 0.450 e. The number of alkyl carbamates (subject to hydrolysis) is 1. The number of hydrogen-bond donors (Lipinski definition) is 2. The number of ether oxygens (including phenoxy) is 1. The van der Waals surface area contributed by atoms with Gasteiger partial charge >= 0.3 is 12.5 Å². The van der Waals surface area contributed by atoms with Crippen molar-refractivity contribution in [3.63, 3.8) is 0 Å². The Morgan fingerprint density at radius 1 is 1.50 bits per heavy atom. The number of rotatable bonds is 6. The molecule has 0 bridgehead atoms. The van der Waals surface area contributed by atoms with E-state index in [1.54, 1.807) is 6.92 Å². The van der Waals surface area contributed by atoms with E-state index in [0.717, 1.165) is 0 Å². The van der Waals surface area contributed by atoms with Gasteiger partial charge in [-0.1, -0.05) is 0 Å². The van der Waals surface area contributed by atoms with Gasteiger partial charge in [0.1, 0.15) is 0 Å². The molecule has 2 amide bonds. The van der Waals surface area contributed by atoms with E-state index in [1.807, 2.05) is 0 Å². The zero-order chi connectivity index (χ0) is 9.23. The second-order valence-electron chi connectivity index (χ2n) is 2.03. The lowest BCUT2D eigenvalue weighted by Gasteiger charge is -2.03.